The van der Waals surface area contributed by atoms with Crippen molar-refractivity contribution in [3.8, 4) is 0 Å². The number of carboxylic acids is 1. The molecule has 0 aromatic carbocycles. The van der Waals surface area contributed by atoms with Crippen molar-refractivity contribution in [3.05, 3.63) is 0 Å². The van der Waals surface area contributed by atoms with E-state index >= 15 is 0 Å². The van der Waals surface area contributed by atoms with Crippen molar-refractivity contribution >= 4 is 11.9 Å². The number of piperidine rings is 1. The average molecular weight is 268 g/mol. The topological polar surface area (TPSA) is 60.9 Å². The molecule has 2 unspecified atom stereocenters. The molecule has 2 heterocycles. The minimum absolute atomic E-state index is 0.0369. The van der Waals surface area contributed by atoms with Gasteiger partial charge in [0.05, 0.1) is 12.5 Å². The molecule has 108 valence electrons. The Morgan fingerprint density at radius 2 is 1.74 bits per heavy atom. The average Bonchev–Trinajstić information content (AvgIpc) is 2.72. The Hall–Kier alpha value is -1.10. The molecule has 0 aromatic rings. The summed E-state index contributed by atoms with van der Waals surface area (Å²) in [6.45, 7) is 6.93. The number of hydrogen-bond acceptors (Lipinski definition) is 3. The fourth-order valence-electron chi connectivity index (χ4n) is 3.09. The quantitative estimate of drug-likeness (QED) is 0.831. The van der Waals surface area contributed by atoms with E-state index in [9.17, 15) is 9.59 Å². The number of carbonyl (C=O) groups is 2. The van der Waals surface area contributed by atoms with Gasteiger partial charge in [-0.15, -0.1) is 0 Å². The molecule has 1 N–H and O–H groups in total. The largest absolute Gasteiger partial charge is 0.481 e. The third-order valence-corrected chi connectivity index (χ3v) is 4.68. The summed E-state index contributed by atoms with van der Waals surface area (Å²) in [5, 5.41) is 9.09. The van der Waals surface area contributed by atoms with Gasteiger partial charge in [0.15, 0.2) is 0 Å². The van der Waals surface area contributed by atoms with Crippen LogP contribution in [0.3, 0.4) is 0 Å². The summed E-state index contributed by atoms with van der Waals surface area (Å²) >= 11 is 0. The van der Waals surface area contributed by atoms with E-state index in [4.69, 9.17) is 5.11 Å². The molecule has 0 radical (unpaired) electrons. The van der Waals surface area contributed by atoms with Gasteiger partial charge < -0.3 is 10.0 Å². The van der Waals surface area contributed by atoms with Crippen molar-refractivity contribution in [3.63, 3.8) is 0 Å². The van der Waals surface area contributed by atoms with E-state index in [1.165, 1.54) is 0 Å². The van der Waals surface area contributed by atoms with Gasteiger partial charge in [-0.2, -0.15) is 0 Å². The Labute approximate surface area is 114 Å². The number of carboxylic acid groups (broad SMARTS) is 1. The molecule has 0 spiro atoms. The van der Waals surface area contributed by atoms with E-state index in [0.717, 1.165) is 25.9 Å². The molecule has 19 heavy (non-hydrogen) atoms. The van der Waals surface area contributed by atoms with Crippen LogP contribution in [-0.4, -0.2) is 59.0 Å². The highest BCUT2D eigenvalue weighted by atomic mass is 16.4. The molecule has 0 saturated carbocycles. The van der Waals surface area contributed by atoms with Crippen LogP contribution >= 0.6 is 0 Å². The number of likely N-dealkylation sites (tertiary alicyclic amines) is 2. The maximum absolute atomic E-state index is 12.2. The Morgan fingerprint density at radius 3 is 2.26 bits per heavy atom. The third kappa shape index (κ3) is 3.26. The summed E-state index contributed by atoms with van der Waals surface area (Å²) in [5.41, 5.74) is 0. The van der Waals surface area contributed by atoms with Gasteiger partial charge in [-0.05, 0) is 38.6 Å². The van der Waals surface area contributed by atoms with E-state index < -0.39 is 5.97 Å². The van der Waals surface area contributed by atoms with Gasteiger partial charge in [-0.1, -0.05) is 6.92 Å². The van der Waals surface area contributed by atoms with Crippen LogP contribution in [0.15, 0.2) is 0 Å². The predicted octanol–water partition coefficient (Wildman–Crippen LogP) is 1.04. The molecule has 2 saturated heterocycles. The predicted molar refractivity (Wildman–Crippen MR) is 71.8 cm³/mol. The number of hydrogen-bond donors (Lipinski definition) is 1. The summed E-state index contributed by atoms with van der Waals surface area (Å²) in [7, 11) is 0. The molecule has 0 aromatic heterocycles. The molecule has 2 aliphatic rings. The van der Waals surface area contributed by atoms with Gasteiger partial charge in [0.2, 0.25) is 5.91 Å². The second-order valence-electron chi connectivity index (χ2n) is 6.01. The molecular weight excluding hydrogens is 244 g/mol. The van der Waals surface area contributed by atoms with E-state index in [-0.39, 0.29) is 17.9 Å². The minimum Gasteiger partial charge on any atom is -0.481 e. The highest BCUT2D eigenvalue weighted by molar-refractivity contribution is 5.79. The summed E-state index contributed by atoms with van der Waals surface area (Å²) in [6, 6.07) is -0.0369. The zero-order valence-corrected chi connectivity index (χ0v) is 11.8. The van der Waals surface area contributed by atoms with Crippen LogP contribution in [0.4, 0.5) is 0 Å². The molecule has 2 atom stereocenters. The Balaban J connectivity index is 1.84. The van der Waals surface area contributed by atoms with Gasteiger partial charge in [0.1, 0.15) is 0 Å². The lowest BCUT2D eigenvalue weighted by molar-refractivity contribution is -0.143. The second kappa shape index (κ2) is 5.90. The molecule has 5 nitrogen and oxygen atoms in total. The SMILES string of the molecule is CC1CCN(C(=O)CN2CCC(C(=O)O)C2C)CC1. The minimum atomic E-state index is -0.741. The number of amides is 1. The van der Waals surface area contributed by atoms with E-state index in [0.29, 0.717) is 25.4 Å². The molecule has 2 aliphatic heterocycles. The zero-order chi connectivity index (χ0) is 14.0. The van der Waals surface area contributed by atoms with E-state index in [1.807, 2.05) is 16.7 Å². The van der Waals surface area contributed by atoms with Crippen LogP contribution in [0.25, 0.3) is 0 Å². The first-order valence-electron chi connectivity index (χ1n) is 7.23. The highest BCUT2D eigenvalue weighted by Gasteiger charge is 2.37. The lowest BCUT2D eigenvalue weighted by Gasteiger charge is -2.32. The number of rotatable bonds is 3. The van der Waals surface area contributed by atoms with Crippen LogP contribution in [-0.2, 0) is 9.59 Å². The van der Waals surface area contributed by atoms with Crippen molar-refractivity contribution in [2.24, 2.45) is 11.8 Å². The number of carbonyl (C=O) groups excluding carboxylic acids is 1. The molecule has 2 rings (SSSR count). The lowest BCUT2D eigenvalue weighted by atomic mass is 9.99. The van der Waals surface area contributed by atoms with Crippen molar-refractivity contribution in [2.45, 2.75) is 39.2 Å². The molecule has 0 bridgehead atoms. The molecule has 2 fully saturated rings. The van der Waals surface area contributed by atoms with Crippen molar-refractivity contribution in [1.29, 1.82) is 0 Å². The molecule has 0 aliphatic carbocycles. The first kappa shape index (κ1) is 14.3. The Kier molecular flexibility index (Phi) is 4.45. The van der Waals surface area contributed by atoms with Crippen LogP contribution in [0.1, 0.15) is 33.1 Å². The smallest absolute Gasteiger partial charge is 0.308 e. The number of nitrogens with zero attached hydrogens (tertiary/aromatic N) is 2. The van der Waals surface area contributed by atoms with Crippen LogP contribution in [0.2, 0.25) is 0 Å². The number of aliphatic carboxylic acids is 1. The van der Waals surface area contributed by atoms with E-state index in [1.54, 1.807) is 0 Å². The Morgan fingerprint density at radius 1 is 1.11 bits per heavy atom. The maximum atomic E-state index is 12.2. The molecule has 5 heteroatoms. The molecule has 1 amide bonds. The lowest BCUT2D eigenvalue weighted by Crippen LogP contribution is -2.45. The van der Waals surface area contributed by atoms with Gasteiger partial charge >= 0.3 is 5.97 Å². The third-order valence-electron chi connectivity index (χ3n) is 4.68. The van der Waals surface area contributed by atoms with Crippen LogP contribution in [0.5, 0.6) is 0 Å². The summed E-state index contributed by atoms with van der Waals surface area (Å²) in [6.07, 6.45) is 2.82. The van der Waals surface area contributed by atoms with Gasteiger partial charge in [0.25, 0.3) is 0 Å². The fourth-order valence-corrected chi connectivity index (χ4v) is 3.09. The van der Waals surface area contributed by atoms with Gasteiger partial charge in [-0.25, -0.2) is 0 Å². The Bertz CT molecular complexity index is 351. The normalized spacial score (nSPS) is 29.7. The summed E-state index contributed by atoms with van der Waals surface area (Å²) in [5.74, 6) is -0.195. The van der Waals surface area contributed by atoms with E-state index in [2.05, 4.69) is 6.92 Å². The zero-order valence-electron chi connectivity index (χ0n) is 11.8. The second-order valence-corrected chi connectivity index (χ2v) is 6.01. The first-order valence-corrected chi connectivity index (χ1v) is 7.23. The van der Waals surface area contributed by atoms with Gasteiger partial charge in [-0.3, -0.25) is 14.5 Å². The van der Waals surface area contributed by atoms with Crippen LogP contribution < -0.4 is 0 Å². The molecular formula is C14H24N2O3. The van der Waals surface area contributed by atoms with Crippen LogP contribution in [0, 0.1) is 11.8 Å². The maximum Gasteiger partial charge on any atom is 0.308 e. The van der Waals surface area contributed by atoms with Crippen molar-refractivity contribution < 1.29 is 14.7 Å². The highest BCUT2D eigenvalue weighted by Crippen LogP contribution is 2.24. The fraction of sp³-hybridized carbons (Fsp3) is 0.857. The monoisotopic (exact) mass is 268 g/mol. The summed E-state index contributed by atoms with van der Waals surface area (Å²) in [4.78, 5) is 27.2. The van der Waals surface area contributed by atoms with Crippen molar-refractivity contribution in [1.82, 2.24) is 9.80 Å². The first-order chi connectivity index (χ1) is 8.99. The van der Waals surface area contributed by atoms with Crippen molar-refractivity contribution in [2.75, 3.05) is 26.2 Å². The standard InChI is InChI=1S/C14H24N2O3/c1-10-3-6-15(7-4-10)13(17)9-16-8-5-12(11(16)2)14(18)19/h10-12H,3-9H2,1-2H3,(H,18,19). The summed E-state index contributed by atoms with van der Waals surface area (Å²) < 4.78 is 0. The van der Waals surface area contributed by atoms with Gasteiger partial charge in [0, 0.05) is 19.1 Å².